The smallest absolute Gasteiger partial charge is 0.239 e. The van der Waals surface area contributed by atoms with E-state index in [9.17, 15) is 9.18 Å². The van der Waals surface area contributed by atoms with Crippen LogP contribution in [-0.2, 0) is 17.8 Å². The fourth-order valence-electron chi connectivity index (χ4n) is 5.69. The molecule has 2 aliphatic rings. The molecule has 0 aliphatic carbocycles. The molecule has 4 rings (SSSR count). The minimum absolute atomic E-state index is 0.0802. The molecule has 1 atom stereocenters. The van der Waals surface area contributed by atoms with E-state index in [4.69, 9.17) is 23.1 Å². The number of halogens is 2. The Morgan fingerprint density at radius 2 is 1.82 bits per heavy atom. The number of piperazine rings is 1. The largest absolute Gasteiger partial charge is 0.384 e. The van der Waals surface area contributed by atoms with Crippen LogP contribution in [-0.4, -0.2) is 91.3 Å². The molecule has 0 spiro atoms. The number of nitrogens with two attached hydrogens (primary N) is 2. The van der Waals surface area contributed by atoms with Crippen molar-refractivity contribution in [2.45, 2.75) is 43.7 Å². The molecule has 2 fully saturated rings. The van der Waals surface area contributed by atoms with Crippen LogP contribution < -0.4 is 16.8 Å². The Balaban J connectivity index is 1.21. The van der Waals surface area contributed by atoms with Gasteiger partial charge in [-0.1, -0.05) is 24.6 Å². The number of hydrogen-bond acceptors (Lipinski definition) is 7. The predicted molar refractivity (Wildman–Crippen MR) is 164 cm³/mol. The summed E-state index contributed by atoms with van der Waals surface area (Å²) in [7, 11) is 0. The van der Waals surface area contributed by atoms with Crippen molar-refractivity contribution in [1.82, 2.24) is 14.7 Å². The van der Waals surface area contributed by atoms with Crippen molar-refractivity contribution in [2.75, 3.05) is 70.0 Å². The van der Waals surface area contributed by atoms with Crippen LogP contribution in [0.15, 0.2) is 41.3 Å². The summed E-state index contributed by atoms with van der Waals surface area (Å²) >= 11 is 7.93. The highest BCUT2D eigenvalue weighted by molar-refractivity contribution is 7.99. The third-order valence-electron chi connectivity index (χ3n) is 8.06. The highest BCUT2D eigenvalue weighted by Gasteiger charge is 2.32. The number of nitrogens with one attached hydrogen (secondary N) is 1. The van der Waals surface area contributed by atoms with Gasteiger partial charge in [-0.05, 0) is 85.5 Å². The lowest BCUT2D eigenvalue weighted by atomic mass is 9.88. The number of benzene rings is 2. The highest BCUT2D eigenvalue weighted by atomic mass is 35.5. The Morgan fingerprint density at radius 1 is 1.07 bits per heavy atom. The van der Waals surface area contributed by atoms with E-state index in [2.05, 4.69) is 22.0 Å². The summed E-state index contributed by atoms with van der Waals surface area (Å²) in [5, 5.41) is 4.13. The topological polar surface area (TPSA) is 90.9 Å². The molecule has 5 N–H and O–H groups in total. The van der Waals surface area contributed by atoms with E-state index < -0.39 is 6.04 Å². The lowest BCUT2D eigenvalue weighted by Crippen LogP contribution is -2.55. The standard InChI is InChI=1S/C30H44ClFN6OS/c1-2-40-28-20-26(32)5-3-24(28)21-37-15-17-38(18-16-37)30(39)29(34)22-7-12-36(13-8-22)14-9-23-19-25(31)4-6-27(23)35-11-10-33/h3-6,19-20,22,29,35H,2,7-18,21,33-34H2,1H3/t29-/m1/s1. The number of anilines is 1. The fraction of sp³-hybridized carbons (Fsp3) is 0.567. The number of carbonyl (C=O) groups excluding carboxylic acids is 1. The Morgan fingerprint density at radius 3 is 2.52 bits per heavy atom. The van der Waals surface area contributed by atoms with Crippen molar-refractivity contribution in [2.24, 2.45) is 17.4 Å². The Kier molecular flexibility index (Phi) is 11.9. The molecule has 2 aromatic rings. The third-order valence-corrected chi connectivity index (χ3v) is 9.27. The van der Waals surface area contributed by atoms with E-state index in [0.717, 1.165) is 92.0 Å². The van der Waals surface area contributed by atoms with Crippen LogP contribution in [0, 0.1) is 11.7 Å². The van der Waals surface area contributed by atoms with E-state index in [1.165, 1.54) is 11.6 Å². The van der Waals surface area contributed by atoms with E-state index in [0.29, 0.717) is 19.6 Å². The van der Waals surface area contributed by atoms with Gasteiger partial charge in [-0.15, -0.1) is 11.8 Å². The number of likely N-dealkylation sites (tertiary alicyclic amines) is 1. The molecule has 2 aromatic carbocycles. The van der Waals surface area contributed by atoms with Crippen LogP contribution in [0.25, 0.3) is 0 Å². The minimum atomic E-state index is -0.446. The van der Waals surface area contributed by atoms with Crippen molar-refractivity contribution in [1.29, 1.82) is 0 Å². The first-order valence-electron chi connectivity index (χ1n) is 14.5. The maximum Gasteiger partial charge on any atom is 0.239 e. The molecule has 0 bridgehead atoms. The molecule has 0 unspecified atom stereocenters. The molecule has 2 aliphatic heterocycles. The van der Waals surface area contributed by atoms with Crippen LogP contribution in [0.3, 0.4) is 0 Å². The van der Waals surface area contributed by atoms with Gasteiger partial charge in [-0.2, -0.15) is 0 Å². The summed E-state index contributed by atoms with van der Waals surface area (Å²) in [5.41, 5.74) is 15.6. The monoisotopic (exact) mass is 590 g/mol. The molecule has 2 heterocycles. The molecule has 220 valence electrons. The number of carbonyl (C=O) groups is 1. The van der Waals surface area contributed by atoms with Crippen molar-refractivity contribution in [3.63, 3.8) is 0 Å². The Hall–Kier alpha value is -1.88. The zero-order chi connectivity index (χ0) is 28.5. The van der Waals surface area contributed by atoms with E-state index in [1.54, 1.807) is 17.8 Å². The van der Waals surface area contributed by atoms with Crippen LogP contribution in [0.5, 0.6) is 0 Å². The van der Waals surface area contributed by atoms with E-state index in [-0.39, 0.29) is 17.6 Å². The number of thioether (sulfide) groups is 1. The first-order valence-corrected chi connectivity index (χ1v) is 15.9. The van der Waals surface area contributed by atoms with Gasteiger partial charge in [-0.25, -0.2) is 4.39 Å². The fourth-order valence-corrected chi connectivity index (χ4v) is 6.71. The summed E-state index contributed by atoms with van der Waals surface area (Å²) < 4.78 is 13.7. The van der Waals surface area contributed by atoms with Crippen LogP contribution in [0.1, 0.15) is 30.9 Å². The van der Waals surface area contributed by atoms with Crippen molar-refractivity contribution >= 4 is 35.0 Å². The van der Waals surface area contributed by atoms with Crippen LogP contribution >= 0.6 is 23.4 Å². The summed E-state index contributed by atoms with van der Waals surface area (Å²) in [6.07, 6.45) is 2.77. The maximum absolute atomic E-state index is 13.7. The Labute approximate surface area is 247 Å². The van der Waals surface area contributed by atoms with Crippen molar-refractivity contribution < 1.29 is 9.18 Å². The second-order valence-corrected chi connectivity index (χ2v) is 12.5. The summed E-state index contributed by atoms with van der Waals surface area (Å²) in [4.78, 5) is 21.0. The minimum Gasteiger partial charge on any atom is -0.384 e. The zero-order valence-electron chi connectivity index (χ0n) is 23.6. The maximum atomic E-state index is 13.7. The SMILES string of the molecule is CCSc1cc(F)ccc1CN1CCN(C(=O)[C@H](N)C2CCN(CCc3cc(Cl)ccc3NCCN)CC2)CC1. The molecule has 0 aromatic heterocycles. The second-order valence-electron chi connectivity index (χ2n) is 10.8. The van der Waals surface area contributed by atoms with Gasteiger partial charge in [-0.3, -0.25) is 9.69 Å². The molecule has 10 heteroatoms. The van der Waals surface area contributed by atoms with Gasteiger partial charge in [0.2, 0.25) is 5.91 Å². The lowest BCUT2D eigenvalue weighted by Gasteiger charge is -2.39. The normalized spacial score (nSPS) is 18.2. The van der Waals surface area contributed by atoms with Gasteiger partial charge in [0.1, 0.15) is 5.82 Å². The highest BCUT2D eigenvalue weighted by Crippen LogP contribution is 2.27. The van der Waals surface area contributed by atoms with Gasteiger partial charge in [0.15, 0.2) is 0 Å². The Bertz CT molecular complexity index is 1110. The molecule has 7 nitrogen and oxygen atoms in total. The first kappa shape index (κ1) is 31.1. The predicted octanol–water partition coefficient (Wildman–Crippen LogP) is 3.89. The molecule has 2 saturated heterocycles. The van der Waals surface area contributed by atoms with Crippen molar-refractivity contribution in [3.05, 3.63) is 58.4 Å². The number of hydrogen-bond donors (Lipinski definition) is 3. The van der Waals surface area contributed by atoms with Crippen molar-refractivity contribution in [3.8, 4) is 0 Å². The average molecular weight is 591 g/mol. The van der Waals surface area contributed by atoms with Gasteiger partial charge in [0.25, 0.3) is 0 Å². The van der Waals surface area contributed by atoms with E-state index in [1.807, 2.05) is 29.2 Å². The number of amides is 1. The molecule has 1 amide bonds. The van der Waals surface area contributed by atoms with Crippen LogP contribution in [0.2, 0.25) is 5.02 Å². The quantitative estimate of drug-likeness (QED) is 0.323. The van der Waals surface area contributed by atoms with Gasteiger partial charge >= 0.3 is 0 Å². The molecular formula is C30H44ClFN6OS. The lowest BCUT2D eigenvalue weighted by molar-refractivity contribution is -0.136. The zero-order valence-corrected chi connectivity index (χ0v) is 25.2. The average Bonchev–Trinajstić information content (AvgIpc) is 2.97. The summed E-state index contributed by atoms with van der Waals surface area (Å²) in [5.74, 6) is 1.01. The third kappa shape index (κ3) is 8.57. The molecule has 40 heavy (non-hydrogen) atoms. The summed E-state index contributed by atoms with van der Waals surface area (Å²) in [6, 6.07) is 10.6. The first-order chi connectivity index (χ1) is 19.4. The number of piperidine rings is 1. The second kappa shape index (κ2) is 15.4. The number of rotatable bonds is 12. The molecule has 0 saturated carbocycles. The van der Waals surface area contributed by atoms with Gasteiger partial charge in [0.05, 0.1) is 6.04 Å². The molecule has 0 radical (unpaired) electrons. The molecular weight excluding hydrogens is 547 g/mol. The van der Waals surface area contributed by atoms with Gasteiger partial charge < -0.3 is 26.6 Å². The van der Waals surface area contributed by atoms with Gasteiger partial charge in [0, 0.05) is 68.0 Å². The van der Waals surface area contributed by atoms with E-state index >= 15 is 0 Å². The van der Waals surface area contributed by atoms with Crippen LogP contribution in [0.4, 0.5) is 10.1 Å². The summed E-state index contributed by atoms with van der Waals surface area (Å²) in [6.45, 7) is 9.97. The number of nitrogens with zero attached hydrogens (tertiary/aromatic N) is 3.